The highest BCUT2D eigenvalue weighted by Crippen LogP contribution is 2.34. The molecule has 24 heavy (non-hydrogen) atoms. The van der Waals surface area contributed by atoms with E-state index < -0.39 is 0 Å². The third kappa shape index (κ3) is 3.17. The first kappa shape index (κ1) is 15.3. The second-order valence-corrected chi connectivity index (χ2v) is 6.83. The fraction of sp³-hybridized carbons (Fsp3) is 0.333. The number of phenols is 1. The predicted octanol–water partition coefficient (Wildman–Crippen LogP) is 4.30. The monoisotopic (exact) mass is 320 g/mol. The van der Waals surface area contributed by atoms with Crippen LogP contribution in [0, 0.1) is 0 Å². The zero-order valence-electron chi connectivity index (χ0n) is 13.9. The molecule has 1 aliphatic heterocycles. The summed E-state index contributed by atoms with van der Waals surface area (Å²) in [6.45, 7) is 3.46. The van der Waals surface area contributed by atoms with Crippen LogP contribution in [0.1, 0.15) is 29.9 Å². The number of H-pyrrole nitrogens is 1. The van der Waals surface area contributed by atoms with E-state index in [2.05, 4.69) is 46.4 Å². The van der Waals surface area contributed by atoms with E-state index in [-0.39, 0.29) is 0 Å². The molecular formula is C21H24N2O. The third-order valence-electron chi connectivity index (χ3n) is 5.28. The Hall–Kier alpha value is -2.26. The Labute approximate surface area is 142 Å². The van der Waals surface area contributed by atoms with E-state index in [4.69, 9.17) is 0 Å². The molecule has 0 spiro atoms. The third-order valence-corrected chi connectivity index (χ3v) is 5.28. The van der Waals surface area contributed by atoms with Gasteiger partial charge in [0.25, 0.3) is 0 Å². The van der Waals surface area contributed by atoms with E-state index in [1.165, 1.54) is 29.4 Å². The van der Waals surface area contributed by atoms with Gasteiger partial charge in [0.15, 0.2) is 0 Å². The van der Waals surface area contributed by atoms with Crippen molar-refractivity contribution < 1.29 is 5.11 Å². The number of piperidine rings is 1. The van der Waals surface area contributed by atoms with Gasteiger partial charge < -0.3 is 15.0 Å². The van der Waals surface area contributed by atoms with Gasteiger partial charge in [-0.2, -0.15) is 0 Å². The Kier molecular flexibility index (Phi) is 4.26. The molecule has 3 nitrogen and oxygen atoms in total. The molecule has 1 aromatic heterocycles. The molecule has 3 heteroatoms. The number of fused-ring (bicyclic) bond motifs is 1. The van der Waals surface area contributed by atoms with Crippen molar-refractivity contribution in [2.24, 2.45) is 0 Å². The largest absolute Gasteiger partial charge is 0.508 e. The smallest absolute Gasteiger partial charge is 0.116 e. The van der Waals surface area contributed by atoms with E-state index in [0.29, 0.717) is 11.7 Å². The Morgan fingerprint density at radius 2 is 1.83 bits per heavy atom. The first-order chi connectivity index (χ1) is 11.8. The van der Waals surface area contributed by atoms with Crippen molar-refractivity contribution in [2.45, 2.75) is 25.2 Å². The minimum Gasteiger partial charge on any atom is -0.508 e. The highest BCUT2D eigenvalue weighted by molar-refractivity contribution is 5.85. The molecule has 3 aromatic rings. The number of rotatable bonds is 4. The van der Waals surface area contributed by atoms with Crippen molar-refractivity contribution >= 4 is 10.9 Å². The van der Waals surface area contributed by atoms with Gasteiger partial charge in [-0.3, -0.25) is 0 Å². The number of aromatic hydroxyl groups is 1. The molecular weight excluding hydrogens is 296 g/mol. The molecule has 2 aromatic carbocycles. The van der Waals surface area contributed by atoms with Gasteiger partial charge in [-0.05, 0) is 67.6 Å². The van der Waals surface area contributed by atoms with Crippen LogP contribution in [-0.4, -0.2) is 34.6 Å². The van der Waals surface area contributed by atoms with Crippen molar-refractivity contribution in [3.05, 3.63) is 65.9 Å². The lowest BCUT2D eigenvalue weighted by Crippen LogP contribution is -2.34. The van der Waals surface area contributed by atoms with Crippen molar-refractivity contribution in [3.8, 4) is 5.75 Å². The molecule has 0 unspecified atom stereocenters. The highest BCUT2D eigenvalue weighted by atomic mass is 16.3. The van der Waals surface area contributed by atoms with Crippen LogP contribution in [0.15, 0.2) is 54.7 Å². The average Bonchev–Trinajstić information content (AvgIpc) is 3.04. The number of benzene rings is 2. The van der Waals surface area contributed by atoms with Gasteiger partial charge in [0, 0.05) is 23.6 Å². The minimum absolute atomic E-state index is 0.351. The second kappa shape index (κ2) is 6.70. The molecule has 0 atom stereocenters. The summed E-state index contributed by atoms with van der Waals surface area (Å²) in [7, 11) is 0. The maximum absolute atomic E-state index is 9.77. The zero-order chi connectivity index (χ0) is 16.4. The average molecular weight is 320 g/mol. The van der Waals surface area contributed by atoms with Crippen LogP contribution in [0.3, 0.4) is 0 Å². The van der Waals surface area contributed by atoms with Gasteiger partial charge in [0.05, 0.1) is 0 Å². The normalized spacial score (nSPS) is 16.7. The van der Waals surface area contributed by atoms with Crippen molar-refractivity contribution in [1.29, 1.82) is 0 Å². The molecule has 0 aliphatic carbocycles. The second-order valence-electron chi connectivity index (χ2n) is 6.83. The lowest BCUT2D eigenvalue weighted by molar-refractivity contribution is 0.215. The first-order valence-electron chi connectivity index (χ1n) is 8.86. The number of likely N-dealkylation sites (tertiary alicyclic amines) is 1. The van der Waals surface area contributed by atoms with E-state index in [1.807, 2.05) is 12.1 Å². The molecule has 2 heterocycles. The molecule has 1 fully saturated rings. The van der Waals surface area contributed by atoms with Crippen LogP contribution in [0.5, 0.6) is 5.75 Å². The zero-order valence-corrected chi connectivity index (χ0v) is 13.9. The number of aromatic amines is 1. The van der Waals surface area contributed by atoms with Crippen LogP contribution in [0.2, 0.25) is 0 Å². The quantitative estimate of drug-likeness (QED) is 0.752. The molecule has 4 rings (SSSR count). The topological polar surface area (TPSA) is 39.3 Å². The number of nitrogens with one attached hydrogen (secondary N) is 1. The first-order valence-corrected chi connectivity index (χ1v) is 8.86. The van der Waals surface area contributed by atoms with Crippen molar-refractivity contribution in [1.82, 2.24) is 9.88 Å². The van der Waals surface area contributed by atoms with E-state index >= 15 is 0 Å². The molecule has 0 amide bonds. The number of phenolic OH excluding ortho intramolecular Hbond substituents is 1. The van der Waals surface area contributed by atoms with Gasteiger partial charge >= 0.3 is 0 Å². The molecule has 1 aliphatic rings. The number of nitrogens with zero attached hydrogens (tertiary/aromatic N) is 1. The molecule has 2 N–H and O–H groups in total. The summed E-state index contributed by atoms with van der Waals surface area (Å²) in [5.41, 5.74) is 3.91. The van der Waals surface area contributed by atoms with Crippen LogP contribution in [-0.2, 0) is 6.42 Å². The van der Waals surface area contributed by atoms with Gasteiger partial charge in [0.1, 0.15) is 5.75 Å². The van der Waals surface area contributed by atoms with Crippen LogP contribution < -0.4 is 0 Å². The molecule has 0 radical (unpaired) electrons. The summed E-state index contributed by atoms with van der Waals surface area (Å²) in [4.78, 5) is 5.93. The van der Waals surface area contributed by atoms with Crippen LogP contribution in [0.4, 0.5) is 0 Å². The van der Waals surface area contributed by atoms with Crippen LogP contribution >= 0.6 is 0 Å². The van der Waals surface area contributed by atoms with Gasteiger partial charge in [0.2, 0.25) is 0 Å². The Morgan fingerprint density at radius 3 is 2.62 bits per heavy atom. The Morgan fingerprint density at radius 1 is 1.04 bits per heavy atom. The fourth-order valence-electron chi connectivity index (χ4n) is 3.87. The van der Waals surface area contributed by atoms with Gasteiger partial charge in [-0.25, -0.2) is 0 Å². The van der Waals surface area contributed by atoms with E-state index in [1.54, 1.807) is 6.07 Å². The van der Waals surface area contributed by atoms with Crippen molar-refractivity contribution in [3.63, 3.8) is 0 Å². The van der Waals surface area contributed by atoms with Crippen molar-refractivity contribution in [2.75, 3.05) is 19.6 Å². The standard InChI is InChI=1S/C21H24N2O/c24-18-6-7-21-19(14-18)20(15-22-21)17-9-12-23(13-10-17)11-8-16-4-2-1-3-5-16/h1-7,14-15,17,22,24H,8-13H2. The molecule has 0 bridgehead atoms. The fourth-order valence-corrected chi connectivity index (χ4v) is 3.87. The molecule has 0 saturated carbocycles. The lowest BCUT2D eigenvalue weighted by atomic mass is 9.89. The summed E-state index contributed by atoms with van der Waals surface area (Å²) in [6.07, 6.45) is 5.65. The Bertz CT molecular complexity index is 801. The number of hydrogen-bond donors (Lipinski definition) is 2. The Balaban J connectivity index is 1.38. The minimum atomic E-state index is 0.351. The van der Waals surface area contributed by atoms with E-state index in [0.717, 1.165) is 31.6 Å². The summed E-state index contributed by atoms with van der Waals surface area (Å²) in [5, 5.41) is 10.9. The number of aromatic nitrogens is 1. The SMILES string of the molecule is Oc1ccc2[nH]cc(C3CCN(CCc4ccccc4)CC3)c2c1. The summed E-state index contributed by atoms with van der Waals surface area (Å²) in [6, 6.07) is 16.3. The van der Waals surface area contributed by atoms with Gasteiger partial charge in [-0.1, -0.05) is 30.3 Å². The summed E-state index contributed by atoms with van der Waals surface area (Å²) < 4.78 is 0. The molecule has 1 saturated heterocycles. The van der Waals surface area contributed by atoms with Gasteiger partial charge in [-0.15, -0.1) is 0 Å². The maximum atomic E-state index is 9.77. The number of hydrogen-bond acceptors (Lipinski definition) is 2. The van der Waals surface area contributed by atoms with Crippen LogP contribution in [0.25, 0.3) is 10.9 Å². The lowest BCUT2D eigenvalue weighted by Gasteiger charge is -2.32. The van der Waals surface area contributed by atoms with E-state index in [9.17, 15) is 5.11 Å². The summed E-state index contributed by atoms with van der Waals surface area (Å²) in [5.74, 6) is 0.942. The molecule has 124 valence electrons. The highest BCUT2D eigenvalue weighted by Gasteiger charge is 2.22. The maximum Gasteiger partial charge on any atom is 0.116 e. The predicted molar refractivity (Wildman–Crippen MR) is 98.5 cm³/mol. The summed E-state index contributed by atoms with van der Waals surface area (Å²) >= 11 is 0.